The highest BCUT2D eigenvalue weighted by Crippen LogP contribution is 2.11. The largest absolute Gasteiger partial charge is 0.478 e. The molecule has 0 aliphatic rings. The van der Waals surface area contributed by atoms with Crippen molar-refractivity contribution in [2.75, 3.05) is 6.26 Å². The third kappa shape index (κ3) is 2.29. The van der Waals surface area contributed by atoms with Gasteiger partial charge >= 0.3 is 5.97 Å². The van der Waals surface area contributed by atoms with Gasteiger partial charge in [0.25, 0.3) is 0 Å². The zero-order valence-corrected chi connectivity index (χ0v) is 7.80. The van der Waals surface area contributed by atoms with Crippen molar-refractivity contribution in [3.05, 3.63) is 29.8 Å². The normalized spacial score (nSPS) is 14.8. The molecule has 1 rings (SSSR count). The van der Waals surface area contributed by atoms with Gasteiger partial charge in [-0.05, 0) is 18.2 Å². The fraction of sp³-hybridized carbons (Fsp3) is 0.125. The number of carboxylic acid groups (broad SMARTS) is 1. The summed E-state index contributed by atoms with van der Waals surface area (Å²) in [7, 11) is -2.82. The Bertz CT molecular complexity index is 436. The van der Waals surface area contributed by atoms with Crippen LogP contribution in [0, 0.1) is 4.78 Å². The lowest BCUT2D eigenvalue weighted by molar-refractivity contribution is 0.0696. The molecule has 0 amide bonds. The van der Waals surface area contributed by atoms with Gasteiger partial charge in [-0.25, -0.2) is 13.8 Å². The average molecular weight is 199 g/mol. The smallest absolute Gasteiger partial charge is 0.335 e. The predicted octanol–water partition coefficient (Wildman–Crippen LogP) is 1.42. The van der Waals surface area contributed by atoms with E-state index >= 15 is 0 Å². The number of carbonyl (C=O) groups is 1. The van der Waals surface area contributed by atoms with Crippen LogP contribution in [0.3, 0.4) is 0 Å². The fourth-order valence-electron chi connectivity index (χ4n) is 0.871. The molecule has 70 valence electrons. The van der Waals surface area contributed by atoms with Gasteiger partial charge < -0.3 is 5.11 Å². The van der Waals surface area contributed by atoms with Crippen molar-refractivity contribution >= 4 is 15.7 Å². The molecule has 0 spiro atoms. The Kier molecular flexibility index (Phi) is 2.38. The molecule has 1 atom stereocenters. The number of nitrogens with one attached hydrogen (secondary N) is 1. The van der Waals surface area contributed by atoms with Gasteiger partial charge in [-0.1, -0.05) is 6.07 Å². The molecule has 0 radical (unpaired) electrons. The summed E-state index contributed by atoms with van der Waals surface area (Å²) >= 11 is 0. The third-order valence-electron chi connectivity index (χ3n) is 1.53. The van der Waals surface area contributed by atoms with Crippen molar-refractivity contribution in [2.45, 2.75) is 4.90 Å². The molecule has 5 heteroatoms. The molecular formula is C8H9NO3S. The molecule has 1 aromatic carbocycles. The van der Waals surface area contributed by atoms with E-state index in [-0.39, 0.29) is 10.5 Å². The highest BCUT2D eigenvalue weighted by Gasteiger charge is 2.07. The molecule has 0 aliphatic heterocycles. The van der Waals surface area contributed by atoms with Crippen molar-refractivity contribution in [3.8, 4) is 0 Å². The van der Waals surface area contributed by atoms with E-state index in [9.17, 15) is 9.00 Å². The molecule has 0 saturated carbocycles. The van der Waals surface area contributed by atoms with Crippen LogP contribution in [0.1, 0.15) is 10.4 Å². The Morgan fingerprint density at radius 3 is 2.62 bits per heavy atom. The molecule has 0 fully saturated rings. The Labute approximate surface area is 76.2 Å². The number of carboxylic acids is 1. The van der Waals surface area contributed by atoms with Crippen LogP contribution in [0.4, 0.5) is 0 Å². The van der Waals surface area contributed by atoms with E-state index in [2.05, 4.69) is 0 Å². The Morgan fingerprint density at radius 1 is 1.54 bits per heavy atom. The highest BCUT2D eigenvalue weighted by atomic mass is 32.2. The molecule has 0 aliphatic carbocycles. The maximum atomic E-state index is 11.2. The molecule has 4 nitrogen and oxygen atoms in total. The summed E-state index contributed by atoms with van der Waals surface area (Å²) in [5.41, 5.74) is 0.0549. The van der Waals surface area contributed by atoms with Crippen molar-refractivity contribution in [1.29, 1.82) is 4.78 Å². The topological polar surface area (TPSA) is 78.2 Å². The zero-order chi connectivity index (χ0) is 10.1. The van der Waals surface area contributed by atoms with Gasteiger partial charge in [0.15, 0.2) is 0 Å². The van der Waals surface area contributed by atoms with E-state index in [0.717, 1.165) is 0 Å². The molecular weight excluding hydrogens is 190 g/mol. The van der Waals surface area contributed by atoms with Gasteiger partial charge in [-0.3, -0.25) is 0 Å². The van der Waals surface area contributed by atoms with Gasteiger partial charge in [0.05, 0.1) is 15.3 Å². The first-order valence-electron chi connectivity index (χ1n) is 3.48. The highest BCUT2D eigenvalue weighted by molar-refractivity contribution is 7.91. The second-order valence-electron chi connectivity index (χ2n) is 2.68. The molecule has 1 unspecified atom stereocenters. The monoisotopic (exact) mass is 199 g/mol. The molecule has 0 saturated heterocycles. The summed E-state index contributed by atoms with van der Waals surface area (Å²) in [6.45, 7) is 0. The third-order valence-corrected chi connectivity index (χ3v) is 2.68. The van der Waals surface area contributed by atoms with Crippen LogP contribution >= 0.6 is 0 Å². The van der Waals surface area contributed by atoms with E-state index in [1.165, 1.54) is 30.5 Å². The molecule has 0 aromatic heterocycles. The minimum atomic E-state index is -2.82. The van der Waals surface area contributed by atoms with E-state index in [1.807, 2.05) is 0 Å². The van der Waals surface area contributed by atoms with Gasteiger partial charge in [0, 0.05) is 11.2 Å². The predicted molar refractivity (Wildman–Crippen MR) is 48.5 cm³/mol. The van der Waals surface area contributed by atoms with Crippen LogP contribution in [-0.2, 0) is 9.73 Å². The Hall–Kier alpha value is -1.36. The summed E-state index contributed by atoms with van der Waals surface area (Å²) in [6.07, 6.45) is 1.26. The summed E-state index contributed by atoms with van der Waals surface area (Å²) in [5.74, 6) is -1.08. The summed E-state index contributed by atoms with van der Waals surface area (Å²) in [5, 5.41) is 8.62. The number of hydrogen-bond acceptors (Lipinski definition) is 3. The number of hydrogen-bond donors (Lipinski definition) is 2. The van der Waals surface area contributed by atoms with Crippen LogP contribution in [0.15, 0.2) is 29.2 Å². The molecule has 2 N–H and O–H groups in total. The first kappa shape index (κ1) is 9.73. The first-order chi connectivity index (χ1) is 5.91. The molecule has 13 heavy (non-hydrogen) atoms. The second-order valence-corrected chi connectivity index (χ2v) is 4.84. The van der Waals surface area contributed by atoms with Crippen LogP contribution in [0.5, 0.6) is 0 Å². The number of rotatable bonds is 2. The fourth-order valence-corrected chi connectivity index (χ4v) is 1.56. The van der Waals surface area contributed by atoms with Gasteiger partial charge in [-0.15, -0.1) is 0 Å². The zero-order valence-electron chi connectivity index (χ0n) is 6.98. The summed E-state index contributed by atoms with van der Waals surface area (Å²) < 4.78 is 18.5. The van der Waals surface area contributed by atoms with Crippen molar-refractivity contribution < 1.29 is 14.1 Å². The lowest BCUT2D eigenvalue weighted by Crippen LogP contribution is -2.00. The minimum absolute atomic E-state index is 0.0549. The van der Waals surface area contributed by atoms with Crippen LogP contribution in [0.25, 0.3) is 0 Å². The average Bonchev–Trinajstić information content (AvgIpc) is 2.03. The van der Waals surface area contributed by atoms with Gasteiger partial charge in [0.2, 0.25) is 0 Å². The maximum Gasteiger partial charge on any atom is 0.335 e. The quantitative estimate of drug-likeness (QED) is 0.756. The van der Waals surface area contributed by atoms with Crippen molar-refractivity contribution in [2.24, 2.45) is 0 Å². The minimum Gasteiger partial charge on any atom is -0.478 e. The Balaban J connectivity index is 3.29. The van der Waals surface area contributed by atoms with Gasteiger partial charge in [0.1, 0.15) is 0 Å². The lowest BCUT2D eigenvalue weighted by atomic mass is 10.2. The Morgan fingerprint density at radius 2 is 2.15 bits per heavy atom. The molecule has 0 bridgehead atoms. The standard InChI is InChI=1S/C8H9NO3S/c1-13(9,12)7-4-2-3-6(5-7)8(10)11/h2-5,9H,1H3,(H,10,11). The SMILES string of the molecule is CS(=N)(=O)c1cccc(C(=O)O)c1. The van der Waals surface area contributed by atoms with E-state index < -0.39 is 15.7 Å². The van der Waals surface area contributed by atoms with E-state index in [4.69, 9.17) is 9.89 Å². The van der Waals surface area contributed by atoms with Crippen molar-refractivity contribution in [3.63, 3.8) is 0 Å². The van der Waals surface area contributed by atoms with Gasteiger partial charge in [-0.2, -0.15) is 0 Å². The van der Waals surface area contributed by atoms with E-state index in [1.54, 1.807) is 0 Å². The number of benzene rings is 1. The maximum absolute atomic E-state index is 11.2. The van der Waals surface area contributed by atoms with Crippen molar-refractivity contribution in [1.82, 2.24) is 0 Å². The summed E-state index contributed by atoms with van der Waals surface area (Å²) in [6, 6.07) is 5.63. The van der Waals surface area contributed by atoms with Crippen LogP contribution in [0.2, 0.25) is 0 Å². The molecule has 1 aromatic rings. The summed E-state index contributed by atoms with van der Waals surface area (Å²) in [4.78, 5) is 10.8. The lowest BCUT2D eigenvalue weighted by Gasteiger charge is -2.01. The first-order valence-corrected chi connectivity index (χ1v) is 5.45. The number of aromatic carboxylic acids is 1. The van der Waals surface area contributed by atoms with Crippen LogP contribution < -0.4 is 0 Å². The van der Waals surface area contributed by atoms with E-state index in [0.29, 0.717) is 0 Å². The van der Waals surface area contributed by atoms with Crippen LogP contribution in [-0.4, -0.2) is 21.5 Å². The molecule has 0 heterocycles. The second kappa shape index (κ2) is 3.18.